The Morgan fingerprint density at radius 3 is 1.75 bits per heavy atom. The van der Waals surface area contributed by atoms with Gasteiger partial charge in [0, 0.05) is 10.9 Å². The van der Waals surface area contributed by atoms with Gasteiger partial charge in [0.2, 0.25) is 0 Å². The summed E-state index contributed by atoms with van der Waals surface area (Å²) < 4.78 is 6.54. The minimum atomic E-state index is -0.536. The number of hydrogen-bond donors (Lipinski definition) is 0. The monoisotopic (exact) mass is 708 g/mol. The van der Waals surface area contributed by atoms with E-state index in [2.05, 4.69) is 194 Å². The molecule has 1 nitrogen and oxygen atoms in total. The fourth-order valence-corrected chi connectivity index (χ4v) is 10.6. The molecule has 0 amide bonds. The molecule has 0 bridgehead atoms. The second-order valence-corrected chi connectivity index (χ2v) is 15.5. The van der Waals surface area contributed by atoms with Gasteiger partial charge < -0.3 is 4.74 Å². The summed E-state index contributed by atoms with van der Waals surface area (Å²) >= 11 is 0. The Bertz CT molecular complexity index is 3290. The number of rotatable bonds is 2. The summed E-state index contributed by atoms with van der Waals surface area (Å²) in [7, 11) is 0. The molecule has 0 N–H and O–H groups in total. The van der Waals surface area contributed by atoms with Crippen LogP contribution in [0.5, 0.6) is 11.5 Å². The van der Waals surface area contributed by atoms with Gasteiger partial charge in [-0.15, -0.1) is 0 Å². The van der Waals surface area contributed by atoms with Crippen LogP contribution >= 0.6 is 0 Å². The summed E-state index contributed by atoms with van der Waals surface area (Å²) in [5.41, 5.74) is 17.4. The lowest BCUT2D eigenvalue weighted by atomic mass is 9.68. The predicted octanol–water partition coefficient (Wildman–Crippen LogP) is 14.6. The highest BCUT2D eigenvalue weighted by Gasteiger charge is 2.53. The van der Waals surface area contributed by atoms with E-state index in [-0.39, 0.29) is 0 Å². The minimum Gasteiger partial charge on any atom is -0.456 e. The van der Waals surface area contributed by atoms with Crippen LogP contribution in [0.15, 0.2) is 194 Å². The molecule has 56 heavy (non-hydrogen) atoms. The third kappa shape index (κ3) is 3.79. The topological polar surface area (TPSA) is 9.23 Å². The van der Waals surface area contributed by atoms with Gasteiger partial charge in [-0.2, -0.15) is 0 Å². The molecule has 1 heteroatoms. The zero-order valence-corrected chi connectivity index (χ0v) is 30.4. The first kappa shape index (κ1) is 30.1. The van der Waals surface area contributed by atoms with Crippen LogP contribution in [-0.4, -0.2) is 0 Å². The molecule has 1 heterocycles. The van der Waals surface area contributed by atoms with Crippen molar-refractivity contribution in [2.45, 2.75) is 5.41 Å². The number of hydrogen-bond acceptors (Lipinski definition) is 1. The van der Waals surface area contributed by atoms with Crippen LogP contribution in [0.4, 0.5) is 0 Å². The largest absolute Gasteiger partial charge is 0.456 e. The van der Waals surface area contributed by atoms with E-state index in [1.807, 2.05) is 0 Å². The molecule has 0 saturated heterocycles. The molecular formula is C55H32O. The van der Waals surface area contributed by atoms with Crippen molar-refractivity contribution in [2.75, 3.05) is 0 Å². The van der Waals surface area contributed by atoms with Crippen LogP contribution in [0.3, 0.4) is 0 Å². The molecule has 3 aliphatic rings. The van der Waals surface area contributed by atoms with E-state index in [0.29, 0.717) is 0 Å². The van der Waals surface area contributed by atoms with Crippen molar-refractivity contribution in [1.29, 1.82) is 0 Å². The summed E-state index contributed by atoms with van der Waals surface area (Å²) in [6.45, 7) is 0. The van der Waals surface area contributed by atoms with Crippen LogP contribution in [0.1, 0.15) is 22.3 Å². The molecule has 1 spiro atoms. The molecule has 10 aromatic rings. The molecule has 0 radical (unpaired) electrons. The van der Waals surface area contributed by atoms with Crippen LogP contribution in [0.25, 0.3) is 88.0 Å². The Morgan fingerprint density at radius 2 is 0.929 bits per heavy atom. The number of benzene rings is 10. The Kier molecular flexibility index (Phi) is 5.89. The first-order valence-corrected chi connectivity index (χ1v) is 19.5. The highest BCUT2D eigenvalue weighted by atomic mass is 16.5. The van der Waals surface area contributed by atoms with Gasteiger partial charge in [0.05, 0.1) is 5.41 Å². The predicted molar refractivity (Wildman–Crippen MR) is 232 cm³/mol. The molecule has 0 saturated carbocycles. The average molecular weight is 709 g/mol. The third-order valence-electron chi connectivity index (χ3n) is 12.8. The lowest BCUT2D eigenvalue weighted by Crippen LogP contribution is -2.26. The maximum atomic E-state index is 6.54. The van der Waals surface area contributed by atoms with Crippen molar-refractivity contribution in [3.8, 4) is 67.1 Å². The Labute approximate surface area is 324 Å². The SMILES string of the molecule is c1ccc2c(c1)-c1ccccc1C21c2cc(-c3ccc4c(c3)-c3cccc5cccc(c35)O4)ccc2-c2c1c(-c1cccc3ccccc13)cc1ccccc21. The van der Waals surface area contributed by atoms with Crippen LogP contribution in [-0.2, 0) is 5.41 Å². The second kappa shape index (κ2) is 10.9. The maximum Gasteiger partial charge on any atom is 0.135 e. The molecule has 0 atom stereocenters. The average Bonchev–Trinajstić information content (AvgIpc) is 3.74. The van der Waals surface area contributed by atoms with Gasteiger partial charge in [-0.1, -0.05) is 164 Å². The van der Waals surface area contributed by atoms with Gasteiger partial charge in [0.1, 0.15) is 11.5 Å². The molecule has 0 unspecified atom stereocenters. The molecule has 0 fully saturated rings. The fourth-order valence-electron chi connectivity index (χ4n) is 10.6. The highest BCUT2D eigenvalue weighted by molar-refractivity contribution is 6.12. The van der Waals surface area contributed by atoms with Crippen LogP contribution in [0, 0.1) is 0 Å². The van der Waals surface area contributed by atoms with Gasteiger partial charge in [-0.25, -0.2) is 0 Å². The summed E-state index contributed by atoms with van der Waals surface area (Å²) in [6.07, 6.45) is 0. The van der Waals surface area contributed by atoms with Gasteiger partial charge in [0.15, 0.2) is 0 Å². The van der Waals surface area contributed by atoms with Crippen molar-refractivity contribution < 1.29 is 4.74 Å². The normalized spacial score (nSPS) is 13.6. The number of fused-ring (bicyclic) bond motifs is 15. The lowest BCUT2D eigenvalue weighted by molar-refractivity contribution is 0.487. The summed E-state index contributed by atoms with van der Waals surface area (Å²) in [6, 6.07) is 72.2. The van der Waals surface area contributed by atoms with E-state index >= 15 is 0 Å². The van der Waals surface area contributed by atoms with Crippen molar-refractivity contribution in [2.24, 2.45) is 0 Å². The Morgan fingerprint density at radius 1 is 0.321 bits per heavy atom. The van der Waals surface area contributed by atoms with E-state index in [0.717, 1.165) is 17.1 Å². The van der Waals surface area contributed by atoms with Gasteiger partial charge in [-0.05, 0) is 130 Å². The molecule has 10 aromatic carbocycles. The Balaban J connectivity index is 1.14. The van der Waals surface area contributed by atoms with Crippen molar-refractivity contribution in [1.82, 2.24) is 0 Å². The fraction of sp³-hybridized carbons (Fsp3) is 0.0182. The molecule has 0 aromatic heterocycles. The lowest BCUT2D eigenvalue weighted by Gasteiger charge is -2.33. The van der Waals surface area contributed by atoms with E-state index in [1.54, 1.807) is 0 Å². The van der Waals surface area contributed by atoms with Crippen LogP contribution in [0.2, 0.25) is 0 Å². The summed E-state index contributed by atoms with van der Waals surface area (Å²) in [5.74, 6) is 1.82. The Hall–Kier alpha value is -7.22. The number of ether oxygens (including phenoxy) is 1. The summed E-state index contributed by atoms with van der Waals surface area (Å²) in [4.78, 5) is 0. The minimum absolute atomic E-state index is 0.536. The third-order valence-corrected chi connectivity index (χ3v) is 12.8. The van der Waals surface area contributed by atoms with Crippen molar-refractivity contribution >= 4 is 32.3 Å². The highest BCUT2D eigenvalue weighted by Crippen LogP contribution is 2.66. The second-order valence-electron chi connectivity index (χ2n) is 15.5. The van der Waals surface area contributed by atoms with Gasteiger partial charge in [-0.3, -0.25) is 0 Å². The standard InChI is InChI=1S/C55H32O/c1-3-17-38-33(12-1)14-9-21-40(38)46-31-37-13-2-4-18-39(37)53-44-28-26-36(35-27-29-50-45(30-35)43-22-10-15-34-16-11-25-51(56-50)52(34)43)32-49(44)55(54(46)53)47-23-7-5-19-41(47)42-20-6-8-24-48(42)55/h1-32H. The molecular weight excluding hydrogens is 677 g/mol. The smallest absolute Gasteiger partial charge is 0.135 e. The van der Waals surface area contributed by atoms with Crippen molar-refractivity contribution in [3.05, 3.63) is 216 Å². The zero-order chi connectivity index (χ0) is 36.5. The van der Waals surface area contributed by atoms with E-state index in [4.69, 9.17) is 4.74 Å². The molecule has 13 rings (SSSR count). The van der Waals surface area contributed by atoms with Gasteiger partial charge in [0.25, 0.3) is 0 Å². The maximum absolute atomic E-state index is 6.54. The first-order valence-electron chi connectivity index (χ1n) is 19.5. The first-order chi connectivity index (χ1) is 27.8. The van der Waals surface area contributed by atoms with E-state index < -0.39 is 5.41 Å². The molecule has 258 valence electrons. The van der Waals surface area contributed by atoms with E-state index in [9.17, 15) is 0 Å². The quantitative estimate of drug-likeness (QED) is 0.174. The van der Waals surface area contributed by atoms with Crippen molar-refractivity contribution in [3.63, 3.8) is 0 Å². The molecule has 2 aliphatic carbocycles. The molecule has 1 aliphatic heterocycles. The van der Waals surface area contributed by atoms with Gasteiger partial charge >= 0.3 is 0 Å². The van der Waals surface area contributed by atoms with E-state index in [1.165, 1.54) is 105 Å². The summed E-state index contributed by atoms with van der Waals surface area (Å²) in [5, 5.41) is 7.44. The zero-order valence-electron chi connectivity index (χ0n) is 30.4. The van der Waals surface area contributed by atoms with Crippen LogP contribution < -0.4 is 4.74 Å².